The van der Waals surface area contributed by atoms with Gasteiger partial charge in [0.2, 0.25) is 0 Å². The Labute approximate surface area is 161 Å². The summed E-state index contributed by atoms with van der Waals surface area (Å²) in [6.45, 7) is 6.47. The van der Waals surface area contributed by atoms with Crippen LogP contribution in [0.3, 0.4) is 0 Å². The van der Waals surface area contributed by atoms with Gasteiger partial charge in [-0.3, -0.25) is 0 Å². The monoisotopic (exact) mass is 381 g/mol. The number of para-hydroxylation sites is 1. The molecule has 0 heterocycles. The third-order valence-corrected chi connectivity index (χ3v) is 4.01. The average Bonchev–Trinajstić information content (AvgIpc) is 2.59. The number of benzene rings is 2. The predicted octanol–water partition coefficient (Wildman–Crippen LogP) is 4.58. The first kappa shape index (κ1) is 21.5. The SMILES string of the molecule is C=CCc1ccccc1OCC(O)CNC(C)c1cccc(Cl)c1.Cl. The van der Waals surface area contributed by atoms with E-state index in [2.05, 4.69) is 11.9 Å². The molecule has 5 heteroatoms. The van der Waals surface area contributed by atoms with Gasteiger partial charge in [-0.15, -0.1) is 19.0 Å². The van der Waals surface area contributed by atoms with Crippen molar-refractivity contribution in [1.82, 2.24) is 5.32 Å². The zero-order valence-electron chi connectivity index (χ0n) is 14.3. The van der Waals surface area contributed by atoms with E-state index in [0.29, 0.717) is 11.6 Å². The number of hydrogen-bond donors (Lipinski definition) is 2. The molecule has 0 aliphatic heterocycles. The van der Waals surface area contributed by atoms with Gasteiger partial charge in [0.05, 0.1) is 0 Å². The molecule has 0 aliphatic rings. The molecule has 136 valence electrons. The van der Waals surface area contributed by atoms with Gasteiger partial charge in [0.1, 0.15) is 18.5 Å². The van der Waals surface area contributed by atoms with Crippen LogP contribution in [0.25, 0.3) is 0 Å². The largest absolute Gasteiger partial charge is 0.491 e. The van der Waals surface area contributed by atoms with E-state index in [1.165, 1.54) is 0 Å². The Morgan fingerprint density at radius 3 is 2.72 bits per heavy atom. The second kappa shape index (κ2) is 11.2. The normalized spacial score (nSPS) is 12.8. The summed E-state index contributed by atoms with van der Waals surface area (Å²) in [5.74, 6) is 0.791. The lowest BCUT2D eigenvalue weighted by Gasteiger charge is -2.19. The molecule has 0 aliphatic carbocycles. The maximum Gasteiger partial charge on any atom is 0.122 e. The molecule has 25 heavy (non-hydrogen) atoms. The van der Waals surface area contributed by atoms with Gasteiger partial charge in [0, 0.05) is 17.6 Å². The first-order chi connectivity index (χ1) is 11.6. The van der Waals surface area contributed by atoms with Crippen LogP contribution < -0.4 is 10.1 Å². The maximum atomic E-state index is 10.1. The van der Waals surface area contributed by atoms with Crippen molar-refractivity contribution in [1.29, 1.82) is 0 Å². The third-order valence-electron chi connectivity index (χ3n) is 3.78. The highest BCUT2D eigenvalue weighted by Gasteiger charge is 2.11. The van der Waals surface area contributed by atoms with Gasteiger partial charge < -0.3 is 15.2 Å². The minimum atomic E-state index is -0.594. The van der Waals surface area contributed by atoms with Gasteiger partial charge in [0.25, 0.3) is 0 Å². The number of aliphatic hydroxyl groups excluding tert-OH is 1. The van der Waals surface area contributed by atoms with E-state index in [1.807, 2.05) is 61.5 Å². The third kappa shape index (κ3) is 7.09. The molecule has 0 aromatic heterocycles. The van der Waals surface area contributed by atoms with Gasteiger partial charge in [0.15, 0.2) is 0 Å². The summed E-state index contributed by atoms with van der Waals surface area (Å²) < 4.78 is 5.75. The van der Waals surface area contributed by atoms with Crippen LogP contribution in [0.1, 0.15) is 24.1 Å². The van der Waals surface area contributed by atoms with Gasteiger partial charge in [-0.05, 0) is 42.7 Å². The Balaban J connectivity index is 0.00000312. The summed E-state index contributed by atoms with van der Waals surface area (Å²) in [4.78, 5) is 0. The number of hydrogen-bond acceptors (Lipinski definition) is 3. The van der Waals surface area contributed by atoms with E-state index in [4.69, 9.17) is 16.3 Å². The number of allylic oxidation sites excluding steroid dienone is 1. The van der Waals surface area contributed by atoms with Crippen molar-refractivity contribution in [2.75, 3.05) is 13.2 Å². The van der Waals surface area contributed by atoms with Crippen LogP contribution in [0.15, 0.2) is 61.2 Å². The van der Waals surface area contributed by atoms with Crippen molar-refractivity contribution in [3.8, 4) is 5.75 Å². The van der Waals surface area contributed by atoms with E-state index in [1.54, 1.807) is 0 Å². The number of ether oxygens (including phenoxy) is 1. The molecule has 2 unspecified atom stereocenters. The number of halogens is 2. The Bertz CT molecular complexity index is 664. The summed E-state index contributed by atoms with van der Waals surface area (Å²) in [6, 6.07) is 15.6. The fourth-order valence-electron chi connectivity index (χ4n) is 2.42. The molecule has 2 atom stereocenters. The van der Waals surface area contributed by atoms with Crippen LogP contribution in [0.4, 0.5) is 0 Å². The fourth-order valence-corrected chi connectivity index (χ4v) is 2.62. The van der Waals surface area contributed by atoms with Crippen molar-refractivity contribution >= 4 is 24.0 Å². The number of rotatable bonds is 9. The second-order valence-corrected chi connectivity index (χ2v) is 6.19. The molecular formula is C20H25Cl2NO2. The average molecular weight is 382 g/mol. The van der Waals surface area contributed by atoms with Crippen LogP contribution in [0, 0.1) is 0 Å². The quantitative estimate of drug-likeness (QED) is 0.624. The first-order valence-electron chi connectivity index (χ1n) is 8.08. The molecule has 2 N–H and O–H groups in total. The molecule has 3 nitrogen and oxygen atoms in total. The molecule has 0 amide bonds. The molecule has 0 spiro atoms. The van der Waals surface area contributed by atoms with Crippen LogP contribution in [0.2, 0.25) is 5.02 Å². The standard InChI is InChI=1S/C20H24ClNO2.ClH/c1-3-7-16-8-4-5-11-20(16)24-14-19(23)13-22-15(2)17-9-6-10-18(21)12-17;/h3-6,8-12,15,19,22-23H,1,7,13-14H2,2H3;1H. The summed E-state index contributed by atoms with van der Waals surface area (Å²) in [7, 11) is 0. The highest BCUT2D eigenvalue weighted by atomic mass is 35.5. The Hall–Kier alpha value is -1.52. The highest BCUT2D eigenvalue weighted by Crippen LogP contribution is 2.19. The molecule has 0 saturated heterocycles. The number of nitrogens with one attached hydrogen (secondary N) is 1. The maximum absolute atomic E-state index is 10.1. The van der Waals surface area contributed by atoms with Crippen LogP contribution in [0.5, 0.6) is 5.75 Å². The Morgan fingerprint density at radius 2 is 2.00 bits per heavy atom. The topological polar surface area (TPSA) is 41.5 Å². The zero-order chi connectivity index (χ0) is 17.4. The summed E-state index contributed by atoms with van der Waals surface area (Å²) in [6.07, 6.45) is 1.99. The van der Waals surface area contributed by atoms with Crippen molar-refractivity contribution < 1.29 is 9.84 Å². The molecule has 2 rings (SSSR count). The van der Waals surface area contributed by atoms with Crippen molar-refractivity contribution in [2.24, 2.45) is 0 Å². The lowest BCUT2D eigenvalue weighted by atomic mass is 10.1. The smallest absolute Gasteiger partial charge is 0.122 e. The Kier molecular flexibility index (Phi) is 9.61. The van der Waals surface area contributed by atoms with Gasteiger partial charge in [-0.1, -0.05) is 48.0 Å². The van der Waals surface area contributed by atoms with Crippen LogP contribution in [-0.4, -0.2) is 24.4 Å². The molecule has 2 aromatic rings. The van der Waals surface area contributed by atoms with Crippen molar-refractivity contribution in [3.05, 3.63) is 77.3 Å². The molecule has 0 bridgehead atoms. The summed E-state index contributed by atoms with van der Waals surface area (Å²) >= 11 is 6.01. The van der Waals surface area contributed by atoms with E-state index in [0.717, 1.165) is 23.3 Å². The molecule has 0 fully saturated rings. The molecule has 0 saturated carbocycles. The highest BCUT2D eigenvalue weighted by molar-refractivity contribution is 6.30. The van der Waals surface area contributed by atoms with Gasteiger partial charge >= 0.3 is 0 Å². The lowest BCUT2D eigenvalue weighted by molar-refractivity contribution is 0.104. The lowest BCUT2D eigenvalue weighted by Crippen LogP contribution is -2.33. The van der Waals surface area contributed by atoms with Crippen molar-refractivity contribution in [3.63, 3.8) is 0 Å². The summed E-state index contributed by atoms with van der Waals surface area (Å²) in [5.41, 5.74) is 2.16. The van der Waals surface area contributed by atoms with Crippen LogP contribution >= 0.6 is 24.0 Å². The molecule has 2 aromatic carbocycles. The van der Waals surface area contributed by atoms with E-state index in [-0.39, 0.29) is 25.1 Å². The van der Waals surface area contributed by atoms with E-state index < -0.39 is 6.10 Å². The minimum Gasteiger partial charge on any atom is -0.491 e. The number of aliphatic hydroxyl groups is 1. The Morgan fingerprint density at radius 1 is 1.24 bits per heavy atom. The van der Waals surface area contributed by atoms with E-state index in [9.17, 15) is 5.11 Å². The van der Waals surface area contributed by atoms with E-state index >= 15 is 0 Å². The zero-order valence-corrected chi connectivity index (χ0v) is 15.9. The first-order valence-corrected chi connectivity index (χ1v) is 8.46. The second-order valence-electron chi connectivity index (χ2n) is 5.75. The minimum absolute atomic E-state index is 0. The fraction of sp³-hybridized carbons (Fsp3) is 0.300. The van der Waals surface area contributed by atoms with Gasteiger partial charge in [-0.2, -0.15) is 0 Å². The summed E-state index contributed by atoms with van der Waals surface area (Å²) in [5, 5.41) is 14.2. The van der Waals surface area contributed by atoms with Crippen molar-refractivity contribution in [2.45, 2.75) is 25.5 Å². The molecule has 0 radical (unpaired) electrons. The predicted molar refractivity (Wildman–Crippen MR) is 107 cm³/mol. The van der Waals surface area contributed by atoms with Gasteiger partial charge in [-0.25, -0.2) is 0 Å². The molecular weight excluding hydrogens is 357 g/mol. The van der Waals surface area contributed by atoms with Crippen LogP contribution in [-0.2, 0) is 6.42 Å².